The monoisotopic (exact) mass is 356 g/mol. The minimum absolute atomic E-state index is 0.209. The van der Waals surface area contributed by atoms with E-state index < -0.39 is 11.7 Å². The molecule has 2 aromatic carbocycles. The van der Waals surface area contributed by atoms with Gasteiger partial charge in [-0.2, -0.15) is 0 Å². The van der Waals surface area contributed by atoms with Crippen molar-refractivity contribution in [2.24, 2.45) is 7.05 Å². The predicted molar refractivity (Wildman–Crippen MR) is 97.2 cm³/mol. The standard InChI is InChI=1S/C19H17ClN2O3/c1-22-12-14(13-6-2-4-8-16(13)22)18(23)19(24)21-10-11-25-17-9-5-3-7-15(17)20/h2-9,12H,10-11H2,1H3,(H,21,24). The SMILES string of the molecule is Cn1cc(C(=O)C(=O)NCCOc2ccccc2Cl)c2ccccc21. The number of benzene rings is 2. The van der Waals surface area contributed by atoms with Gasteiger partial charge in [-0.15, -0.1) is 0 Å². The van der Waals surface area contributed by atoms with Gasteiger partial charge in [-0.05, 0) is 18.2 Å². The second kappa shape index (κ2) is 7.40. The van der Waals surface area contributed by atoms with Crippen LogP contribution in [0, 0.1) is 0 Å². The molecule has 0 spiro atoms. The van der Waals surface area contributed by atoms with Crippen molar-refractivity contribution in [3.63, 3.8) is 0 Å². The molecular weight excluding hydrogens is 340 g/mol. The fraction of sp³-hybridized carbons (Fsp3) is 0.158. The third kappa shape index (κ3) is 3.67. The Morgan fingerprint density at radius 1 is 1.12 bits per heavy atom. The van der Waals surface area contributed by atoms with E-state index in [0.717, 1.165) is 10.9 Å². The molecular formula is C19H17ClN2O3. The minimum Gasteiger partial charge on any atom is -0.490 e. The molecule has 0 aliphatic heterocycles. The maximum Gasteiger partial charge on any atom is 0.292 e. The zero-order valence-corrected chi connectivity index (χ0v) is 14.4. The number of amides is 1. The summed E-state index contributed by atoms with van der Waals surface area (Å²) in [6.07, 6.45) is 1.67. The highest BCUT2D eigenvalue weighted by Crippen LogP contribution is 2.23. The molecule has 0 aliphatic rings. The van der Waals surface area contributed by atoms with Crippen molar-refractivity contribution in [3.05, 3.63) is 65.3 Å². The summed E-state index contributed by atoms with van der Waals surface area (Å²) < 4.78 is 7.31. The lowest BCUT2D eigenvalue weighted by molar-refractivity contribution is -0.117. The molecule has 3 rings (SSSR count). The molecule has 3 aromatic rings. The van der Waals surface area contributed by atoms with Crippen LogP contribution in [0.15, 0.2) is 54.7 Å². The van der Waals surface area contributed by atoms with Crippen LogP contribution in [0.4, 0.5) is 0 Å². The van der Waals surface area contributed by atoms with Crippen LogP contribution >= 0.6 is 11.6 Å². The molecule has 0 bridgehead atoms. The van der Waals surface area contributed by atoms with Crippen molar-refractivity contribution >= 4 is 34.2 Å². The molecule has 1 amide bonds. The Hall–Kier alpha value is -2.79. The zero-order valence-electron chi connectivity index (χ0n) is 13.7. The van der Waals surface area contributed by atoms with Gasteiger partial charge in [0, 0.05) is 24.1 Å². The number of nitrogens with zero attached hydrogens (tertiary/aromatic N) is 1. The third-order valence-corrected chi connectivity index (χ3v) is 4.14. The number of fused-ring (bicyclic) bond motifs is 1. The van der Waals surface area contributed by atoms with Gasteiger partial charge in [0.2, 0.25) is 0 Å². The number of ketones is 1. The highest BCUT2D eigenvalue weighted by atomic mass is 35.5. The van der Waals surface area contributed by atoms with Crippen LogP contribution in [0.3, 0.4) is 0 Å². The molecule has 0 atom stereocenters. The molecule has 1 aromatic heterocycles. The first kappa shape index (κ1) is 17.0. The second-order valence-electron chi connectivity index (χ2n) is 5.53. The van der Waals surface area contributed by atoms with E-state index in [0.29, 0.717) is 16.3 Å². The highest BCUT2D eigenvalue weighted by Gasteiger charge is 2.20. The van der Waals surface area contributed by atoms with Gasteiger partial charge in [-0.25, -0.2) is 0 Å². The van der Waals surface area contributed by atoms with E-state index in [2.05, 4.69) is 5.32 Å². The third-order valence-electron chi connectivity index (χ3n) is 3.83. The average molecular weight is 357 g/mol. The predicted octanol–water partition coefficient (Wildman–Crippen LogP) is 3.21. The van der Waals surface area contributed by atoms with E-state index in [1.165, 1.54) is 0 Å². The maximum absolute atomic E-state index is 12.4. The molecule has 1 heterocycles. The first-order valence-corrected chi connectivity index (χ1v) is 8.19. The summed E-state index contributed by atoms with van der Waals surface area (Å²) >= 11 is 5.99. The van der Waals surface area contributed by atoms with Crippen LogP contribution in [0.2, 0.25) is 5.02 Å². The first-order valence-electron chi connectivity index (χ1n) is 7.82. The Kier molecular flexibility index (Phi) is 5.05. The number of hydrogen-bond acceptors (Lipinski definition) is 3. The second-order valence-corrected chi connectivity index (χ2v) is 5.94. The molecule has 0 saturated carbocycles. The van der Waals surface area contributed by atoms with Crippen molar-refractivity contribution in [3.8, 4) is 5.75 Å². The van der Waals surface area contributed by atoms with Crippen LogP contribution in [0.5, 0.6) is 5.75 Å². The molecule has 0 unspecified atom stereocenters. The summed E-state index contributed by atoms with van der Waals surface area (Å²) in [6, 6.07) is 14.5. The molecule has 0 saturated heterocycles. The zero-order chi connectivity index (χ0) is 17.8. The Bertz CT molecular complexity index is 933. The van der Waals surface area contributed by atoms with Gasteiger partial charge in [-0.3, -0.25) is 9.59 Å². The number of carbonyl (C=O) groups excluding carboxylic acids is 2. The minimum atomic E-state index is -0.654. The largest absolute Gasteiger partial charge is 0.490 e. The summed E-state index contributed by atoms with van der Waals surface area (Å²) in [5.74, 6) is -0.674. The number of halogens is 1. The fourth-order valence-electron chi connectivity index (χ4n) is 2.61. The van der Waals surface area contributed by atoms with Crippen LogP contribution < -0.4 is 10.1 Å². The van der Waals surface area contributed by atoms with E-state index in [1.54, 1.807) is 24.4 Å². The maximum atomic E-state index is 12.4. The van der Waals surface area contributed by atoms with Gasteiger partial charge < -0.3 is 14.6 Å². The quantitative estimate of drug-likeness (QED) is 0.419. The molecule has 5 nitrogen and oxygen atoms in total. The summed E-state index contributed by atoms with van der Waals surface area (Å²) in [4.78, 5) is 24.5. The normalized spacial score (nSPS) is 10.6. The van der Waals surface area contributed by atoms with E-state index in [1.807, 2.05) is 41.9 Å². The number of ether oxygens (including phenoxy) is 1. The lowest BCUT2D eigenvalue weighted by atomic mass is 10.1. The van der Waals surface area contributed by atoms with Crippen LogP contribution in [0.25, 0.3) is 10.9 Å². The lowest BCUT2D eigenvalue weighted by Crippen LogP contribution is -2.34. The summed E-state index contributed by atoms with van der Waals surface area (Å²) in [6.45, 7) is 0.429. The Labute approximate surface area is 150 Å². The Morgan fingerprint density at radius 3 is 2.64 bits per heavy atom. The van der Waals surface area contributed by atoms with Gasteiger partial charge in [0.1, 0.15) is 12.4 Å². The molecule has 6 heteroatoms. The van der Waals surface area contributed by atoms with Gasteiger partial charge in [-0.1, -0.05) is 41.9 Å². The summed E-state index contributed by atoms with van der Waals surface area (Å²) in [5.41, 5.74) is 1.29. The van der Waals surface area contributed by atoms with Crippen molar-refractivity contribution in [1.29, 1.82) is 0 Å². The van der Waals surface area contributed by atoms with E-state index in [9.17, 15) is 9.59 Å². The van der Waals surface area contributed by atoms with Gasteiger partial charge >= 0.3 is 0 Å². The molecule has 0 aliphatic carbocycles. The number of carbonyl (C=O) groups is 2. The molecule has 128 valence electrons. The number of aromatic nitrogens is 1. The van der Waals surface area contributed by atoms with Crippen molar-refractivity contribution < 1.29 is 14.3 Å². The molecule has 1 N–H and O–H groups in total. The number of para-hydroxylation sites is 2. The van der Waals surface area contributed by atoms with Crippen molar-refractivity contribution in [2.75, 3.05) is 13.2 Å². The van der Waals surface area contributed by atoms with Crippen molar-refractivity contribution in [1.82, 2.24) is 9.88 Å². The van der Waals surface area contributed by atoms with Crippen LogP contribution in [-0.4, -0.2) is 29.4 Å². The number of aryl methyl sites for hydroxylation is 1. The number of Topliss-reactive ketones (excluding diaryl/α,β-unsaturated/α-hetero) is 1. The summed E-state index contributed by atoms with van der Waals surface area (Å²) in [5, 5.41) is 3.84. The Morgan fingerprint density at radius 2 is 1.84 bits per heavy atom. The Balaban J connectivity index is 1.59. The molecule has 0 fully saturated rings. The number of rotatable bonds is 6. The van der Waals surface area contributed by atoms with E-state index in [-0.39, 0.29) is 13.2 Å². The van der Waals surface area contributed by atoms with Gasteiger partial charge in [0.15, 0.2) is 0 Å². The van der Waals surface area contributed by atoms with Gasteiger partial charge in [0.25, 0.3) is 11.7 Å². The molecule has 0 radical (unpaired) electrons. The van der Waals surface area contributed by atoms with Crippen molar-refractivity contribution in [2.45, 2.75) is 0 Å². The lowest BCUT2D eigenvalue weighted by Gasteiger charge is -2.08. The van der Waals surface area contributed by atoms with Crippen LogP contribution in [-0.2, 0) is 11.8 Å². The van der Waals surface area contributed by atoms with Gasteiger partial charge in [0.05, 0.1) is 17.1 Å². The highest BCUT2D eigenvalue weighted by molar-refractivity contribution is 6.45. The fourth-order valence-corrected chi connectivity index (χ4v) is 2.80. The molecule has 25 heavy (non-hydrogen) atoms. The average Bonchev–Trinajstić information content (AvgIpc) is 2.96. The van der Waals surface area contributed by atoms with E-state index >= 15 is 0 Å². The first-order chi connectivity index (χ1) is 12.1. The van der Waals surface area contributed by atoms with E-state index in [4.69, 9.17) is 16.3 Å². The van der Waals surface area contributed by atoms with Crippen LogP contribution in [0.1, 0.15) is 10.4 Å². The summed E-state index contributed by atoms with van der Waals surface area (Å²) in [7, 11) is 1.84. The number of hydrogen-bond donors (Lipinski definition) is 1. The topological polar surface area (TPSA) is 60.3 Å². The smallest absolute Gasteiger partial charge is 0.292 e. The number of nitrogens with one attached hydrogen (secondary N) is 1.